The number of amides is 1. The molecule has 1 saturated heterocycles. The molecule has 1 aliphatic rings. The smallest absolute Gasteiger partial charge is 0.244 e. The lowest BCUT2D eigenvalue weighted by atomic mass is 10.1. The lowest BCUT2D eigenvalue weighted by Gasteiger charge is -2.22. The molecule has 1 atom stereocenters. The van der Waals surface area contributed by atoms with Crippen LogP contribution in [0.3, 0.4) is 0 Å². The number of sulfonamides is 1. The van der Waals surface area contributed by atoms with Crippen molar-refractivity contribution in [3.63, 3.8) is 0 Å². The van der Waals surface area contributed by atoms with Crippen LogP contribution in [0.25, 0.3) is 6.08 Å². The topological polar surface area (TPSA) is 84.5 Å². The Balaban J connectivity index is 1.73. The van der Waals surface area contributed by atoms with Crippen LogP contribution in [-0.4, -0.2) is 45.9 Å². The Hall–Kier alpha value is -1.84. The van der Waals surface area contributed by atoms with Gasteiger partial charge in [0.05, 0.1) is 11.9 Å². The Morgan fingerprint density at radius 2 is 2.00 bits per heavy atom. The minimum Gasteiger partial charge on any atom is -0.377 e. The van der Waals surface area contributed by atoms with E-state index in [1.54, 1.807) is 0 Å². The maximum atomic E-state index is 13.4. The average molecular weight is 388 g/mol. The van der Waals surface area contributed by atoms with Crippen LogP contribution in [0.15, 0.2) is 24.3 Å². The highest BCUT2D eigenvalue weighted by Crippen LogP contribution is 2.13. The van der Waals surface area contributed by atoms with Gasteiger partial charge in [0.15, 0.2) is 0 Å². The van der Waals surface area contributed by atoms with Gasteiger partial charge in [-0.25, -0.2) is 21.9 Å². The number of nitrogens with one attached hydrogen (secondary N) is 2. The fraction of sp³-hybridized carbons (Fsp3) is 0.471. The summed E-state index contributed by atoms with van der Waals surface area (Å²) in [5.41, 5.74) is -0.329. The molecular weight excluding hydrogens is 366 g/mol. The van der Waals surface area contributed by atoms with Gasteiger partial charge in [-0.05, 0) is 37.5 Å². The third-order valence-electron chi connectivity index (χ3n) is 3.88. The van der Waals surface area contributed by atoms with E-state index in [0.29, 0.717) is 6.61 Å². The predicted molar refractivity (Wildman–Crippen MR) is 93.8 cm³/mol. The molecule has 9 heteroatoms. The summed E-state index contributed by atoms with van der Waals surface area (Å²) in [7, 11) is -3.55. The van der Waals surface area contributed by atoms with Crippen LogP contribution in [-0.2, 0) is 19.6 Å². The van der Waals surface area contributed by atoms with Crippen molar-refractivity contribution in [2.75, 3.05) is 25.4 Å². The highest BCUT2D eigenvalue weighted by Gasteiger charge is 2.17. The lowest BCUT2D eigenvalue weighted by Crippen LogP contribution is -2.39. The molecule has 2 N–H and O–H groups in total. The maximum absolute atomic E-state index is 13.4. The minimum atomic E-state index is -3.55. The molecule has 6 nitrogen and oxygen atoms in total. The van der Waals surface area contributed by atoms with E-state index in [4.69, 9.17) is 4.74 Å². The average Bonchev–Trinajstić information content (AvgIpc) is 2.60. The van der Waals surface area contributed by atoms with Crippen molar-refractivity contribution < 1.29 is 26.7 Å². The van der Waals surface area contributed by atoms with E-state index >= 15 is 0 Å². The molecule has 0 aromatic heterocycles. The quantitative estimate of drug-likeness (QED) is 0.663. The predicted octanol–water partition coefficient (Wildman–Crippen LogP) is 1.58. The SMILES string of the molecule is O=C(C=Cc1c(F)cccc1F)NCCS(=O)(=O)NCC1CCCCO1. The van der Waals surface area contributed by atoms with E-state index in [9.17, 15) is 22.0 Å². The van der Waals surface area contributed by atoms with Crippen LogP contribution >= 0.6 is 0 Å². The molecule has 1 heterocycles. The largest absolute Gasteiger partial charge is 0.377 e. The molecule has 1 aliphatic heterocycles. The minimum absolute atomic E-state index is 0.119. The molecule has 26 heavy (non-hydrogen) atoms. The molecule has 0 radical (unpaired) electrons. The summed E-state index contributed by atoms with van der Waals surface area (Å²) in [6, 6.07) is 3.38. The fourth-order valence-electron chi connectivity index (χ4n) is 2.46. The van der Waals surface area contributed by atoms with Gasteiger partial charge < -0.3 is 10.1 Å². The van der Waals surface area contributed by atoms with Crippen LogP contribution in [0.4, 0.5) is 8.78 Å². The van der Waals surface area contributed by atoms with Crippen molar-refractivity contribution in [1.29, 1.82) is 0 Å². The molecule has 1 aromatic rings. The van der Waals surface area contributed by atoms with Gasteiger partial charge >= 0.3 is 0 Å². The van der Waals surface area contributed by atoms with Crippen molar-refractivity contribution in [2.24, 2.45) is 0 Å². The summed E-state index contributed by atoms with van der Waals surface area (Å²) in [5, 5.41) is 2.36. The third-order valence-corrected chi connectivity index (χ3v) is 5.22. The summed E-state index contributed by atoms with van der Waals surface area (Å²) in [6.07, 6.45) is 4.66. The van der Waals surface area contributed by atoms with Gasteiger partial charge in [0.1, 0.15) is 11.6 Å². The van der Waals surface area contributed by atoms with Gasteiger partial charge in [-0.3, -0.25) is 4.79 Å². The second kappa shape index (κ2) is 9.75. The number of halogens is 2. The summed E-state index contributed by atoms with van der Waals surface area (Å²) < 4.78 is 58.5. The van der Waals surface area contributed by atoms with E-state index in [1.165, 1.54) is 6.07 Å². The Bertz CT molecular complexity index is 727. The monoisotopic (exact) mass is 388 g/mol. The number of hydrogen-bond acceptors (Lipinski definition) is 4. The highest BCUT2D eigenvalue weighted by atomic mass is 32.2. The molecule has 1 fully saturated rings. The second-order valence-corrected chi connectivity index (χ2v) is 7.84. The van der Waals surface area contributed by atoms with Gasteiger partial charge in [-0.2, -0.15) is 0 Å². The fourth-order valence-corrected chi connectivity index (χ4v) is 3.41. The number of ether oxygens (including phenoxy) is 1. The van der Waals surface area contributed by atoms with Crippen LogP contribution in [0.2, 0.25) is 0 Å². The highest BCUT2D eigenvalue weighted by molar-refractivity contribution is 7.89. The molecule has 144 valence electrons. The summed E-state index contributed by atoms with van der Waals surface area (Å²) in [6.45, 7) is 0.726. The van der Waals surface area contributed by atoms with E-state index in [0.717, 1.165) is 43.5 Å². The molecular formula is C17H22F2N2O4S. The molecule has 1 aromatic carbocycles. The number of benzene rings is 1. The Kier molecular flexibility index (Phi) is 7.67. The summed E-state index contributed by atoms with van der Waals surface area (Å²) in [5.74, 6) is -2.51. The molecule has 1 amide bonds. The van der Waals surface area contributed by atoms with Crippen LogP contribution in [0, 0.1) is 11.6 Å². The first kappa shape index (κ1) is 20.5. The van der Waals surface area contributed by atoms with Crippen LogP contribution in [0.1, 0.15) is 24.8 Å². The van der Waals surface area contributed by atoms with Crippen molar-refractivity contribution in [2.45, 2.75) is 25.4 Å². The standard InChI is InChI=1S/C17H22F2N2O4S/c18-15-5-3-6-16(19)14(15)7-8-17(22)20-9-11-26(23,24)21-12-13-4-1-2-10-25-13/h3,5-8,13,21H,1-2,4,9-12H2,(H,20,22). The van der Waals surface area contributed by atoms with E-state index in [1.807, 2.05) is 0 Å². The number of hydrogen-bond donors (Lipinski definition) is 2. The van der Waals surface area contributed by atoms with Gasteiger partial charge in [-0.15, -0.1) is 0 Å². The van der Waals surface area contributed by atoms with E-state index in [-0.39, 0.29) is 30.5 Å². The second-order valence-electron chi connectivity index (χ2n) is 5.92. The van der Waals surface area contributed by atoms with Crippen LogP contribution in [0.5, 0.6) is 0 Å². The molecule has 0 spiro atoms. The third kappa shape index (κ3) is 6.81. The first-order valence-electron chi connectivity index (χ1n) is 8.36. The Morgan fingerprint density at radius 1 is 1.27 bits per heavy atom. The molecule has 0 bridgehead atoms. The van der Waals surface area contributed by atoms with Crippen LogP contribution < -0.4 is 10.0 Å². The summed E-state index contributed by atoms with van der Waals surface area (Å²) >= 11 is 0. The normalized spacial score (nSPS) is 18.2. The number of rotatable bonds is 8. The van der Waals surface area contributed by atoms with E-state index in [2.05, 4.69) is 10.0 Å². The zero-order valence-electron chi connectivity index (χ0n) is 14.2. The lowest BCUT2D eigenvalue weighted by molar-refractivity contribution is -0.116. The summed E-state index contributed by atoms with van der Waals surface area (Å²) in [4.78, 5) is 11.7. The molecule has 0 aliphatic carbocycles. The van der Waals surface area contributed by atoms with Gasteiger partial charge in [-0.1, -0.05) is 6.07 Å². The van der Waals surface area contributed by atoms with Crippen molar-refractivity contribution in [3.8, 4) is 0 Å². The number of carbonyl (C=O) groups is 1. The zero-order chi connectivity index (χ0) is 19.0. The van der Waals surface area contributed by atoms with Crippen molar-refractivity contribution in [1.82, 2.24) is 10.0 Å². The molecule has 0 saturated carbocycles. The Morgan fingerprint density at radius 3 is 2.65 bits per heavy atom. The Labute approximate surface area is 151 Å². The maximum Gasteiger partial charge on any atom is 0.244 e. The van der Waals surface area contributed by atoms with Gasteiger partial charge in [0.25, 0.3) is 0 Å². The first-order chi connectivity index (χ1) is 12.4. The number of carbonyl (C=O) groups excluding carboxylic acids is 1. The van der Waals surface area contributed by atoms with Gasteiger partial charge in [0.2, 0.25) is 15.9 Å². The van der Waals surface area contributed by atoms with Gasteiger partial charge in [0, 0.05) is 31.3 Å². The van der Waals surface area contributed by atoms with E-state index < -0.39 is 27.6 Å². The molecule has 2 rings (SSSR count). The van der Waals surface area contributed by atoms with Crippen molar-refractivity contribution in [3.05, 3.63) is 41.5 Å². The first-order valence-corrected chi connectivity index (χ1v) is 10.0. The zero-order valence-corrected chi connectivity index (χ0v) is 15.0. The molecule has 1 unspecified atom stereocenters. The van der Waals surface area contributed by atoms with Crippen molar-refractivity contribution >= 4 is 22.0 Å².